The van der Waals surface area contributed by atoms with E-state index in [0.717, 1.165) is 22.5 Å². The molecule has 2 rings (SSSR count). The maximum Gasteiger partial charge on any atom is 0.228 e. The van der Waals surface area contributed by atoms with Crippen LogP contribution in [0.4, 0.5) is 5.69 Å². The zero-order valence-corrected chi connectivity index (χ0v) is 9.95. The fraction of sp³-hybridized carbons (Fsp3) is 0.333. The summed E-state index contributed by atoms with van der Waals surface area (Å²) < 4.78 is 0. The van der Waals surface area contributed by atoms with Crippen LogP contribution in [0.3, 0.4) is 0 Å². The number of imidazole rings is 1. The second-order valence-corrected chi connectivity index (χ2v) is 4.18. The number of benzene rings is 1. The average molecular weight is 232 g/mol. The lowest BCUT2D eigenvalue weighted by Crippen LogP contribution is -2.26. The Hall–Kier alpha value is -1.88. The summed E-state index contributed by atoms with van der Waals surface area (Å²) in [7, 11) is 0. The van der Waals surface area contributed by atoms with Gasteiger partial charge in [-0.25, -0.2) is 4.98 Å². The molecule has 17 heavy (non-hydrogen) atoms. The number of anilines is 1. The Balaban J connectivity index is 2.22. The highest BCUT2D eigenvalue weighted by molar-refractivity contribution is 5.94. The molecule has 1 unspecified atom stereocenters. The molecular formula is C12H16N4O. The van der Waals surface area contributed by atoms with Crippen molar-refractivity contribution in [1.82, 2.24) is 9.97 Å². The predicted molar refractivity (Wildman–Crippen MR) is 67.7 cm³/mol. The van der Waals surface area contributed by atoms with Crippen molar-refractivity contribution in [2.24, 2.45) is 11.7 Å². The number of hydrogen-bond donors (Lipinski definition) is 3. The van der Waals surface area contributed by atoms with Crippen LogP contribution in [0.15, 0.2) is 18.2 Å². The van der Waals surface area contributed by atoms with Crippen LogP contribution in [0, 0.1) is 12.8 Å². The van der Waals surface area contributed by atoms with E-state index in [9.17, 15) is 4.79 Å². The molecule has 5 heteroatoms. The molecule has 0 spiro atoms. The minimum absolute atomic E-state index is 0.0666. The van der Waals surface area contributed by atoms with Crippen LogP contribution >= 0.6 is 0 Å². The van der Waals surface area contributed by atoms with Crippen LogP contribution in [-0.2, 0) is 4.79 Å². The van der Waals surface area contributed by atoms with E-state index in [4.69, 9.17) is 5.73 Å². The topological polar surface area (TPSA) is 83.8 Å². The summed E-state index contributed by atoms with van der Waals surface area (Å²) in [6.07, 6.45) is 0. The number of aromatic amines is 1. The van der Waals surface area contributed by atoms with Gasteiger partial charge in [0.25, 0.3) is 0 Å². The summed E-state index contributed by atoms with van der Waals surface area (Å²) in [6.45, 7) is 4.04. The minimum Gasteiger partial charge on any atom is -0.342 e. The fourth-order valence-electron chi connectivity index (χ4n) is 1.59. The molecule has 0 saturated heterocycles. The molecule has 0 radical (unpaired) electrons. The van der Waals surface area contributed by atoms with Gasteiger partial charge in [-0.15, -0.1) is 0 Å². The summed E-state index contributed by atoms with van der Waals surface area (Å²) in [5.41, 5.74) is 8.01. The lowest BCUT2D eigenvalue weighted by Gasteiger charge is -2.09. The van der Waals surface area contributed by atoms with Crippen molar-refractivity contribution in [1.29, 1.82) is 0 Å². The molecule has 5 nitrogen and oxygen atoms in total. The van der Waals surface area contributed by atoms with Gasteiger partial charge in [0.05, 0.1) is 11.0 Å². The number of fused-ring (bicyclic) bond motifs is 1. The SMILES string of the molecule is Cc1nc2ccc(NC(=O)C(C)CN)cc2[nH]1. The van der Waals surface area contributed by atoms with E-state index in [-0.39, 0.29) is 11.8 Å². The quantitative estimate of drug-likeness (QED) is 0.748. The van der Waals surface area contributed by atoms with Crippen molar-refractivity contribution in [3.63, 3.8) is 0 Å². The first-order chi connectivity index (χ1) is 8.10. The maximum absolute atomic E-state index is 11.7. The molecule has 4 N–H and O–H groups in total. The first-order valence-corrected chi connectivity index (χ1v) is 5.57. The monoisotopic (exact) mass is 232 g/mol. The molecule has 0 bridgehead atoms. The average Bonchev–Trinajstić information content (AvgIpc) is 2.67. The first-order valence-electron chi connectivity index (χ1n) is 5.57. The summed E-state index contributed by atoms with van der Waals surface area (Å²) in [6, 6.07) is 5.59. The Morgan fingerprint density at radius 3 is 3.06 bits per heavy atom. The standard InChI is InChI=1S/C12H16N4O/c1-7(6-13)12(17)16-9-3-4-10-11(5-9)15-8(2)14-10/h3-5,7H,6,13H2,1-2H3,(H,14,15)(H,16,17). The Labute approximate surface area is 99.4 Å². The third-order valence-corrected chi connectivity index (χ3v) is 2.67. The molecule has 90 valence electrons. The lowest BCUT2D eigenvalue weighted by atomic mass is 10.1. The van der Waals surface area contributed by atoms with Gasteiger partial charge in [-0.1, -0.05) is 6.92 Å². The molecular weight excluding hydrogens is 216 g/mol. The van der Waals surface area contributed by atoms with Gasteiger partial charge in [0.15, 0.2) is 0 Å². The number of aryl methyl sites for hydroxylation is 1. The summed E-state index contributed by atoms with van der Waals surface area (Å²) in [5.74, 6) is 0.607. The van der Waals surface area contributed by atoms with E-state index in [1.165, 1.54) is 0 Å². The fourth-order valence-corrected chi connectivity index (χ4v) is 1.59. The van der Waals surface area contributed by atoms with Crippen LogP contribution in [0.25, 0.3) is 11.0 Å². The summed E-state index contributed by atoms with van der Waals surface area (Å²) in [5, 5.41) is 2.83. The van der Waals surface area contributed by atoms with Crippen molar-refractivity contribution in [2.75, 3.05) is 11.9 Å². The van der Waals surface area contributed by atoms with Gasteiger partial charge in [0.2, 0.25) is 5.91 Å². The van der Waals surface area contributed by atoms with Gasteiger partial charge in [-0.3, -0.25) is 4.79 Å². The summed E-state index contributed by atoms with van der Waals surface area (Å²) in [4.78, 5) is 19.1. The van der Waals surface area contributed by atoms with Crippen LogP contribution in [0.5, 0.6) is 0 Å². The molecule has 1 atom stereocenters. The van der Waals surface area contributed by atoms with E-state index in [2.05, 4.69) is 15.3 Å². The molecule has 1 amide bonds. The zero-order chi connectivity index (χ0) is 12.4. The highest BCUT2D eigenvalue weighted by atomic mass is 16.1. The van der Waals surface area contributed by atoms with Crippen LogP contribution < -0.4 is 11.1 Å². The highest BCUT2D eigenvalue weighted by Crippen LogP contribution is 2.17. The van der Waals surface area contributed by atoms with Crippen molar-refractivity contribution in [3.05, 3.63) is 24.0 Å². The zero-order valence-electron chi connectivity index (χ0n) is 9.95. The van der Waals surface area contributed by atoms with Crippen LogP contribution in [0.2, 0.25) is 0 Å². The smallest absolute Gasteiger partial charge is 0.228 e. The van der Waals surface area contributed by atoms with Gasteiger partial charge < -0.3 is 16.0 Å². The van der Waals surface area contributed by atoms with Crippen molar-refractivity contribution >= 4 is 22.6 Å². The number of hydrogen-bond acceptors (Lipinski definition) is 3. The summed E-state index contributed by atoms with van der Waals surface area (Å²) >= 11 is 0. The molecule has 2 aromatic rings. The molecule has 0 aliphatic heterocycles. The number of nitrogens with two attached hydrogens (primary N) is 1. The number of H-pyrrole nitrogens is 1. The highest BCUT2D eigenvalue weighted by Gasteiger charge is 2.11. The minimum atomic E-state index is -0.186. The number of amides is 1. The molecule has 0 fully saturated rings. The number of carbonyl (C=O) groups excluding carboxylic acids is 1. The van der Waals surface area contributed by atoms with Crippen molar-refractivity contribution in [3.8, 4) is 0 Å². The van der Waals surface area contributed by atoms with E-state index >= 15 is 0 Å². The molecule has 1 aromatic carbocycles. The third-order valence-electron chi connectivity index (χ3n) is 2.67. The van der Waals surface area contributed by atoms with Gasteiger partial charge >= 0.3 is 0 Å². The Morgan fingerprint density at radius 2 is 2.35 bits per heavy atom. The van der Waals surface area contributed by atoms with Crippen molar-refractivity contribution < 1.29 is 4.79 Å². The van der Waals surface area contributed by atoms with E-state index in [0.29, 0.717) is 6.54 Å². The molecule has 0 saturated carbocycles. The lowest BCUT2D eigenvalue weighted by molar-refractivity contribution is -0.119. The Bertz CT molecular complexity index is 546. The first kappa shape index (κ1) is 11.6. The van der Waals surface area contributed by atoms with E-state index in [1.807, 2.05) is 25.1 Å². The van der Waals surface area contributed by atoms with Crippen LogP contribution in [-0.4, -0.2) is 22.4 Å². The largest absolute Gasteiger partial charge is 0.342 e. The van der Waals surface area contributed by atoms with E-state index in [1.54, 1.807) is 6.92 Å². The van der Waals surface area contributed by atoms with Crippen LogP contribution in [0.1, 0.15) is 12.7 Å². The van der Waals surface area contributed by atoms with E-state index < -0.39 is 0 Å². The van der Waals surface area contributed by atoms with Crippen molar-refractivity contribution in [2.45, 2.75) is 13.8 Å². The number of rotatable bonds is 3. The number of carbonyl (C=O) groups is 1. The van der Waals surface area contributed by atoms with Gasteiger partial charge in [-0.2, -0.15) is 0 Å². The molecule has 1 aromatic heterocycles. The normalized spacial score (nSPS) is 12.6. The predicted octanol–water partition coefficient (Wildman–Crippen LogP) is 1.40. The second kappa shape index (κ2) is 4.55. The number of nitrogens with one attached hydrogen (secondary N) is 2. The second-order valence-electron chi connectivity index (χ2n) is 4.18. The molecule has 0 aliphatic carbocycles. The van der Waals surface area contributed by atoms with Gasteiger partial charge in [-0.05, 0) is 25.1 Å². The van der Waals surface area contributed by atoms with Gasteiger partial charge in [0, 0.05) is 18.2 Å². The third kappa shape index (κ3) is 2.45. The number of aromatic nitrogens is 2. The number of nitrogens with zero attached hydrogens (tertiary/aromatic N) is 1. The Morgan fingerprint density at radius 1 is 1.59 bits per heavy atom. The maximum atomic E-state index is 11.7. The van der Waals surface area contributed by atoms with Gasteiger partial charge in [0.1, 0.15) is 5.82 Å². The molecule has 0 aliphatic rings. The molecule has 1 heterocycles. The Kier molecular flexibility index (Phi) is 3.10.